The summed E-state index contributed by atoms with van der Waals surface area (Å²) in [6.07, 6.45) is 6.44. The van der Waals surface area contributed by atoms with E-state index in [1.165, 1.54) is 19.3 Å². The Morgan fingerprint density at radius 2 is 1.95 bits per heavy atom. The molecular formula is C17H25NO3. The molecule has 0 saturated heterocycles. The van der Waals surface area contributed by atoms with Gasteiger partial charge in [0.25, 0.3) is 0 Å². The Hall–Kier alpha value is -1.81. The third kappa shape index (κ3) is 8.15. The molecule has 1 aromatic rings. The van der Waals surface area contributed by atoms with Gasteiger partial charge in [-0.25, -0.2) is 4.79 Å². The molecule has 0 aliphatic rings. The van der Waals surface area contributed by atoms with E-state index in [-0.39, 0.29) is 0 Å². The summed E-state index contributed by atoms with van der Waals surface area (Å²) in [5.74, 6) is -0.133. The summed E-state index contributed by atoms with van der Waals surface area (Å²) in [4.78, 5) is 12.7. The number of likely N-dealkylation sites (N-methyl/N-ethyl adjacent to an activating group) is 1. The first-order valence-corrected chi connectivity index (χ1v) is 7.44. The highest BCUT2D eigenvalue weighted by atomic mass is 16.5. The first kappa shape index (κ1) is 17.2. The minimum absolute atomic E-state index is 0.660. The lowest BCUT2D eigenvalue weighted by Gasteiger charge is -2.16. The Morgan fingerprint density at radius 1 is 1.24 bits per heavy atom. The maximum Gasteiger partial charge on any atom is 0.328 e. The monoisotopic (exact) mass is 291 g/mol. The van der Waals surface area contributed by atoms with E-state index in [0.717, 1.165) is 30.5 Å². The second kappa shape index (κ2) is 10.00. The van der Waals surface area contributed by atoms with Gasteiger partial charge >= 0.3 is 5.97 Å². The van der Waals surface area contributed by atoms with Gasteiger partial charge in [-0.1, -0.05) is 31.9 Å². The maximum absolute atomic E-state index is 10.4. The van der Waals surface area contributed by atoms with Crippen LogP contribution in [0.3, 0.4) is 0 Å². The number of carbonyl (C=O) groups is 1. The molecule has 0 aliphatic carbocycles. The molecular weight excluding hydrogens is 266 g/mol. The van der Waals surface area contributed by atoms with E-state index in [2.05, 4.69) is 18.9 Å². The molecule has 0 heterocycles. The number of benzene rings is 1. The molecule has 0 fully saturated rings. The average Bonchev–Trinajstić information content (AvgIpc) is 2.46. The Labute approximate surface area is 127 Å². The number of hydrogen-bond acceptors (Lipinski definition) is 3. The van der Waals surface area contributed by atoms with Crippen molar-refractivity contribution >= 4 is 12.0 Å². The number of carboxylic acids is 1. The van der Waals surface area contributed by atoms with Crippen LogP contribution in [0.5, 0.6) is 5.75 Å². The lowest BCUT2D eigenvalue weighted by Crippen LogP contribution is -2.25. The van der Waals surface area contributed by atoms with E-state index in [4.69, 9.17) is 9.84 Å². The van der Waals surface area contributed by atoms with Gasteiger partial charge in [0.15, 0.2) is 0 Å². The zero-order valence-electron chi connectivity index (χ0n) is 12.9. The minimum Gasteiger partial charge on any atom is -0.492 e. The van der Waals surface area contributed by atoms with E-state index in [1.54, 1.807) is 6.08 Å². The Kier molecular flexibility index (Phi) is 8.21. The molecule has 0 aromatic heterocycles. The van der Waals surface area contributed by atoms with Crippen LogP contribution in [0.1, 0.15) is 31.7 Å². The summed E-state index contributed by atoms with van der Waals surface area (Å²) < 4.78 is 5.68. The smallest absolute Gasteiger partial charge is 0.328 e. The van der Waals surface area contributed by atoms with Crippen LogP contribution in [0.25, 0.3) is 6.08 Å². The third-order valence-corrected chi connectivity index (χ3v) is 3.18. The molecule has 0 spiro atoms. The number of aliphatic carboxylic acids is 1. The molecule has 4 nitrogen and oxygen atoms in total. The molecule has 0 aliphatic heterocycles. The number of rotatable bonds is 10. The Balaban J connectivity index is 2.28. The summed E-state index contributed by atoms with van der Waals surface area (Å²) in [6, 6.07) is 7.41. The summed E-state index contributed by atoms with van der Waals surface area (Å²) >= 11 is 0. The highest BCUT2D eigenvalue weighted by molar-refractivity contribution is 5.85. The molecule has 1 N–H and O–H groups in total. The highest BCUT2D eigenvalue weighted by Gasteiger charge is 1.99. The van der Waals surface area contributed by atoms with Crippen molar-refractivity contribution in [3.05, 3.63) is 35.9 Å². The van der Waals surface area contributed by atoms with Crippen molar-refractivity contribution in [3.8, 4) is 5.75 Å². The lowest BCUT2D eigenvalue weighted by atomic mass is 10.2. The minimum atomic E-state index is -0.943. The predicted octanol–water partition coefficient (Wildman–Crippen LogP) is 3.29. The average molecular weight is 291 g/mol. The zero-order chi connectivity index (χ0) is 15.5. The first-order chi connectivity index (χ1) is 10.1. The largest absolute Gasteiger partial charge is 0.492 e. The summed E-state index contributed by atoms with van der Waals surface area (Å²) in [5, 5.41) is 8.56. The van der Waals surface area contributed by atoms with E-state index < -0.39 is 5.97 Å². The molecule has 21 heavy (non-hydrogen) atoms. The SMILES string of the molecule is CCCCCN(C)CCOc1ccc(C=CC(=O)O)cc1. The van der Waals surface area contributed by atoms with Gasteiger partial charge < -0.3 is 14.7 Å². The van der Waals surface area contributed by atoms with E-state index in [9.17, 15) is 4.79 Å². The molecule has 0 unspecified atom stereocenters. The second-order valence-corrected chi connectivity index (χ2v) is 5.10. The first-order valence-electron chi connectivity index (χ1n) is 7.44. The topological polar surface area (TPSA) is 49.8 Å². The fourth-order valence-electron chi connectivity index (χ4n) is 1.91. The molecule has 1 rings (SSSR count). The van der Waals surface area contributed by atoms with Gasteiger partial charge in [-0.3, -0.25) is 0 Å². The summed E-state index contributed by atoms with van der Waals surface area (Å²) in [6.45, 7) is 4.88. The van der Waals surface area contributed by atoms with Crippen LogP contribution in [-0.4, -0.2) is 42.7 Å². The molecule has 1 aromatic carbocycles. The fraction of sp³-hybridized carbons (Fsp3) is 0.471. The van der Waals surface area contributed by atoms with Crippen LogP contribution in [-0.2, 0) is 4.79 Å². The van der Waals surface area contributed by atoms with Crippen LogP contribution in [0, 0.1) is 0 Å². The van der Waals surface area contributed by atoms with Crippen LogP contribution in [0.15, 0.2) is 30.3 Å². The van der Waals surface area contributed by atoms with Gasteiger partial charge in [0.2, 0.25) is 0 Å². The van der Waals surface area contributed by atoms with Crippen molar-refractivity contribution in [2.24, 2.45) is 0 Å². The van der Waals surface area contributed by atoms with Gasteiger partial charge in [-0.05, 0) is 43.8 Å². The van der Waals surface area contributed by atoms with Gasteiger partial charge in [-0.2, -0.15) is 0 Å². The zero-order valence-corrected chi connectivity index (χ0v) is 12.9. The molecule has 0 atom stereocenters. The number of carboxylic acid groups (broad SMARTS) is 1. The van der Waals surface area contributed by atoms with Crippen LogP contribution >= 0.6 is 0 Å². The van der Waals surface area contributed by atoms with E-state index >= 15 is 0 Å². The molecule has 0 saturated carbocycles. The van der Waals surface area contributed by atoms with Gasteiger partial charge in [-0.15, -0.1) is 0 Å². The summed E-state index contributed by atoms with van der Waals surface area (Å²) in [7, 11) is 2.11. The maximum atomic E-state index is 10.4. The van der Waals surface area contributed by atoms with Crippen molar-refractivity contribution in [2.75, 3.05) is 26.7 Å². The Morgan fingerprint density at radius 3 is 2.57 bits per heavy atom. The molecule has 0 bridgehead atoms. The lowest BCUT2D eigenvalue weighted by molar-refractivity contribution is -0.131. The predicted molar refractivity (Wildman–Crippen MR) is 85.6 cm³/mol. The van der Waals surface area contributed by atoms with Gasteiger partial charge in [0.1, 0.15) is 12.4 Å². The number of hydrogen-bond donors (Lipinski definition) is 1. The van der Waals surface area contributed by atoms with Crippen LogP contribution in [0.2, 0.25) is 0 Å². The van der Waals surface area contributed by atoms with Crippen molar-refractivity contribution < 1.29 is 14.6 Å². The van der Waals surface area contributed by atoms with Crippen LogP contribution < -0.4 is 4.74 Å². The number of unbranched alkanes of at least 4 members (excludes halogenated alkanes) is 2. The molecule has 0 radical (unpaired) electrons. The summed E-state index contributed by atoms with van der Waals surface area (Å²) in [5.41, 5.74) is 0.849. The van der Waals surface area contributed by atoms with Gasteiger partial charge in [0.05, 0.1) is 0 Å². The fourth-order valence-corrected chi connectivity index (χ4v) is 1.91. The number of nitrogens with zero attached hydrogens (tertiary/aromatic N) is 1. The molecule has 0 amide bonds. The quantitative estimate of drug-likeness (QED) is 0.531. The van der Waals surface area contributed by atoms with Crippen molar-refractivity contribution in [1.82, 2.24) is 4.90 Å². The number of ether oxygens (including phenoxy) is 1. The Bertz CT molecular complexity index is 440. The van der Waals surface area contributed by atoms with Crippen molar-refractivity contribution in [3.63, 3.8) is 0 Å². The third-order valence-electron chi connectivity index (χ3n) is 3.18. The molecule has 116 valence electrons. The van der Waals surface area contributed by atoms with Gasteiger partial charge in [0, 0.05) is 12.6 Å². The second-order valence-electron chi connectivity index (χ2n) is 5.10. The standard InChI is InChI=1S/C17H25NO3/c1-3-4-5-12-18(2)13-14-21-16-9-6-15(7-10-16)8-11-17(19)20/h6-11H,3-5,12-14H2,1-2H3,(H,19,20). The van der Waals surface area contributed by atoms with E-state index in [1.807, 2.05) is 24.3 Å². The van der Waals surface area contributed by atoms with E-state index in [0.29, 0.717) is 6.61 Å². The highest BCUT2D eigenvalue weighted by Crippen LogP contribution is 2.13. The molecule has 4 heteroatoms. The van der Waals surface area contributed by atoms with Crippen molar-refractivity contribution in [2.45, 2.75) is 26.2 Å². The van der Waals surface area contributed by atoms with Crippen LogP contribution in [0.4, 0.5) is 0 Å². The normalized spacial score (nSPS) is 11.2. The van der Waals surface area contributed by atoms with Crippen molar-refractivity contribution in [1.29, 1.82) is 0 Å².